The lowest BCUT2D eigenvalue weighted by molar-refractivity contribution is -0.111. The summed E-state index contributed by atoms with van der Waals surface area (Å²) in [5.74, 6) is 1.70. The summed E-state index contributed by atoms with van der Waals surface area (Å²) in [7, 11) is 0. The Hall–Kier alpha value is -0.590. The third-order valence-corrected chi connectivity index (χ3v) is 2.96. The normalized spacial score (nSPS) is 43.7. The van der Waals surface area contributed by atoms with Crippen molar-refractivity contribution in [3.8, 4) is 0 Å². The lowest BCUT2D eigenvalue weighted by Crippen LogP contribution is -2.08. The number of aldehydes is 1. The van der Waals surface area contributed by atoms with Crippen molar-refractivity contribution < 1.29 is 4.79 Å². The van der Waals surface area contributed by atoms with Gasteiger partial charge in [0.2, 0.25) is 0 Å². The van der Waals surface area contributed by atoms with E-state index in [2.05, 4.69) is 13.0 Å². The molecule has 0 aromatic rings. The smallest absolute Gasteiger partial charge is 0.123 e. The molecule has 0 saturated heterocycles. The first-order valence-electron chi connectivity index (χ1n) is 3.95. The number of carbonyl (C=O) groups is 1. The van der Waals surface area contributed by atoms with Gasteiger partial charge in [-0.3, -0.25) is 0 Å². The molecule has 10 heavy (non-hydrogen) atoms. The maximum absolute atomic E-state index is 10.5. The standard InChI is InChI=1S/C9H12O/c1-6-2-8-3-7(6)4-9(8)5-10/h2,5,7-9H,3-4H2,1H3/t7-,8-,9+/m0/s1. The van der Waals surface area contributed by atoms with Gasteiger partial charge < -0.3 is 4.79 Å². The van der Waals surface area contributed by atoms with Crippen molar-refractivity contribution in [2.45, 2.75) is 19.8 Å². The van der Waals surface area contributed by atoms with Gasteiger partial charge in [0, 0.05) is 5.92 Å². The van der Waals surface area contributed by atoms with Gasteiger partial charge in [0.25, 0.3) is 0 Å². The van der Waals surface area contributed by atoms with Crippen LogP contribution in [0.2, 0.25) is 0 Å². The van der Waals surface area contributed by atoms with Gasteiger partial charge in [-0.1, -0.05) is 11.6 Å². The minimum Gasteiger partial charge on any atom is -0.303 e. The number of carbonyl (C=O) groups excluding carboxylic acids is 1. The fraction of sp³-hybridized carbons (Fsp3) is 0.667. The second kappa shape index (κ2) is 1.94. The highest BCUT2D eigenvalue weighted by molar-refractivity contribution is 5.56. The van der Waals surface area contributed by atoms with Crippen LogP contribution < -0.4 is 0 Å². The molecule has 2 aliphatic rings. The summed E-state index contributed by atoms with van der Waals surface area (Å²) in [6.45, 7) is 2.19. The van der Waals surface area contributed by atoms with Gasteiger partial charge in [0.15, 0.2) is 0 Å². The molecule has 0 spiro atoms. The largest absolute Gasteiger partial charge is 0.303 e. The van der Waals surface area contributed by atoms with Crippen LogP contribution in [0, 0.1) is 17.8 Å². The first-order chi connectivity index (χ1) is 4.81. The second-order valence-corrected chi connectivity index (χ2v) is 3.54. The molecule has 0 unspecified atom stereocenters. The molecule has 1 saturated carbocycles. The van der Waals surface area contributed by atoms with Crippen molar-refractivity contribution in [3.63, 3.8) is 0 Å². The third-order valence-electron chi connectivity index (χ3n) is 2.96. The molecule has 2 aliphatic carbocycles. The molecule has 0 amide bonds. The van der Waals surface area contributed by atoms with E-state index in [9.17, 15) is 4.79 Å². The molecule has 54 valence electrons. The number of hydrogen-bond acceptors (Lipinski definition) is 1. The van der Waals surface area contributed by atoms with Crippen LogP contribution in [-0.4, -0.2) is 6.29 Å². The third kappa shape index (κ3) is 0.664. The Morgan fingerprint density at radius 1 is 1.60 bits per heavy atom. The lowest BCUT2D eigenvalue weighted by Gasteiger charge is -2.12. The van der Waals surface area contributed by atoms with E-state index in [1.165, 1.54) is 12.0 Å². The molecular formula is C9H12O. The molecule has 0 N–H and O–H groups in total. The van der Waals surface area contributed by atoms with Crippen molar-refractivity contribution in [2.75, 3.05) is 0 Å². The summed E-state index contributed by atoms with van der Waals surface area (Å²) in [4.78, 5) is 10.5. The topological polar surface area (TPSA) is 17.1 Å². The number of rotatable bonds is 1. The van der Waals surface area contributed by atoms with Crippen LogP contribution in [0.3, 0.4) is 0 Å². The minimum absolute atomic E-state index is 0.355. The highest BCUT2D eigenvalue weighted by Gasteiger charge is 2.38. The van der Waals surface area contributed by atoms with Gasteiger partial charge in [0.05, 0.1) is 0 Å². The van der Waals surface area contributed by atoms with E-state index >= 15 is 0 Å². The monoisotopic (exact) mass is 136 g/mol. The summed E-state index contributed by atoms with van der Waals surface area (Å²) in [6, 6.07) is 0. The van der Waals surface area contributed by atoms with Gasteiger partial charge in [-0.2, -0.15) is 0 Å². The molecule has 2 bridgehead atoms. The summed E-state index contributed by atoms with van der Waals surface area (Å²) < 4.78 is 0. The molecule has 0 heterocycles. The molecule has 0 aromatic heterocycles. The van der Waals surface area contributed by atoms with E-state index < -0.39 is 0 Å². The van der Waals surface area contributed by atoms with E-state index in [0.29, 0.717) is 11.8 Å². The molecule has 0 aromatic carbocycles. The van der Waals surface area contributed by atoms with Crippen LogP contribution in [0.1, 0.15) is 19.8 Å². The van der Waals surface area contributed by atoms with Crippen LogP contribution >= 0.6 is 0 Å². The van der Waals surface area contributed by atoms with Crippen molar-refractivity contribution in [1.82, 2.24) is 0 Å². The Bertz CT molecular complexity index is 193. The SMILES string of the molecule is CC1=C[C@H]2C[C@H]1C[C@@H]2C=O. The highest BCUT2D eigenvalue weighted by Crippen LogP contribution is 2.46. The highest BCUT2D eigenvalue weighted by atomic mass is 16.1. The van der Waals surface area contributed by atoms with Crippen LogP contribution in [0.15, 0.2) is 11.6 Å². The van der Waals surface area contributed by atoms with Crippen LogP contribution in [0.5, 0.6) is 0 Å². The van der Waals surface area contributed by atoms with Crippen molar-refractivity contribution in [2.24, 2.45) is 17.8 Å². The molecule has 3 atom stereocenters. The quantitative estimate of drug-likeness (QED) is 0.396. The maximum atomic E-state index is 10.5. The average molecular weight is 136 g/mol. The fourth-order valence-corrected chi connectivity index (χ4v) is 2.30. The second-order valence-electron chi connectivity index (χ2n) is 3.54. The van der Waals surface area contributed by atoms with Crippen molar-refractivity contribution in [3.05, 3.63) is 11.6 Å². The van der Waals surface area contributed by atoms with Gasteiger partial charge in [-0.05, 0) is 31.6 Å². The molecule has 0 aliphatic heterocycles. The van der Waals surface area contributed by atoms with Crippen LogP contribution in [0.4, 0.5) is 0 Å². The minimum atomic E-state index is 0.355. The molecule has 1 fully saturated rings. The molecule has 2 rings (SSSR count). The molecule has 0 radical (unpaired) electrons. The van der Waals surface area contributed by atoms with Crippen molar-refractivity contribution >= 4 is 6.29 Å². The molecular weight excluding hydrogens is 124 g/mol. The first kappa shape index (κ1) is 6.14. The predicted molar refractivity (Wildman–Crippen MR) is 39.5 cm³/mol. The van der Waals surface area contributed by atoms with E-state index in [0.717, 1.165) is 18.6 Å². The van der Waals surface area contributed by atoms with E-state index in [4.69, 9.17) is 0 Å². The van der Waals surface area contributed by atoms with Gasteiger partial charge >= 0.3 is 0 Å². The van der Waals surface area contributed by atoms with Gasteiger partial charge in [-0.25, -0.2) is 0 Å². The Morgan fingerprint density at radius 3 is 2.80 bits per heavy atom. The lowest BCUT2D eigenvalue weighted by atomic mass is 9.92. The van der Waals surface area contributed by atoms with Crippen molar-refractivity contribution in [1.29, 1.82) is 0 Å². The Labute approximate surface area is 61.1 Å². The summed E-state index contributed by atoms with van der Waals surface area (Å²) in [6.07, 6.45) is 5.78. The molecule has 1 heteroatoms. The van der Waals surface area contributed by atoms with E-state index in [1.54, 1.807) is 0 Å². The van der Waals surface area contributed by atoms with Crippen LogP contribution in [-0.2, 0) is 4.79 Å². The summed E-state index contributed by atoms with van der Waals surface area (Å²) >= 11 is 0. The zero-order valence-corrected chi connectivity index (χ0v) is 6.21. The van der Waals surface area contributed by atoms with Crippen LogP contribution in [0.25, 0.3) is 0 Å². The first-order valence-corrected chi connectivity index (χ1v) is 3.95. The Morgan fingerprint density at radius 2 is 2.40 bits per heavy atom. The Balaban J connectivity index is 2.21. The zero-order chi connectivity index (χ0) is 7.14. The number of fused-ring (bicyclic) bond motifs is 2. The van der Waals surface area contributed by atoms with Gasteiger partial charge in [0.1, 0.15) is 6.29 Å². The Kier molecular flexibility index (Phi) is 1.19. The van der Waals surface area contributed by atoms with E-state index in [1.807, 2.05) is 0 Å². The summed E-state index contributed by atoms with van der Waals surface area (Å²) in [5.41, 5.74) is 1.52. The fourth-order valence-electron chi connectivity index (χ4n) is 2.30. The number of hydrogen-bond donors (Lipinski definition) is 0. The number of allylic oxidation sites excluding steroid dienone is 2. The predicted octanol–water partition coefficient (Wildman–Crippen LogP) is 1.79. The van der Waals surface area contributed by atoms with E-state index in [-0.39, 0.29) is 0 Å². The molecule has 1 nitrogen and oxygen atoms in total. The average Bonchev–Trinajstić information content (AvgIpc) is 2.44. The summed E-state index contributed by atoms with van der Waals surface area (Å²) in [5, 5.41) is 0. The maximum Gasteiger partial charge on any atom is 0.123 e. The zero-order valence-electron chi connectivity index (χ0n) is 6.21. The van der Waals surface area contributed by atoms with Gasteiger partial charge in [-0.15, -0.1) is 0 Å².